The first-order valence-corrected chi connectivity index (χ1v) is 11.4. The number of rotatable bonds is 8. The van der Waals surface area contributed by atoms with Gasteiger partial charge in [-0.1, -0.05) is 30.3 Å². The Balaban J connectivity index is 1.54. The lowest BCUT2D eigenvalue weighted by molar-refractivity contribution is 0.0940. The van der Waals surface area contributed by atoms with Crippen molar-refractivity contribution in [3.8, 4) is 17.2 Å². The number of nitrogens with one attached hydrogen (secondary N) is 3. The molecule has 0 unspecified atom stereocenters. The number of anilines is 2. The summed E-state index contributed by atoms with van der Waals surface area (Å²) < 4.78 is 13.3. The Bertz CT molecular complexity index is 1400. The van der Waals surface area contributed by atoms with Gasteiger partial charge in [0.05, 0.1) is 17.2 Å². The molecule has 0 saturated heterocycles. The second kappa shape index (κ2) is 11.1. The zero-order valence-electron chi connectivity index (χ0n) is 19.9. The third kappa shape index (κ3) is 5.65. The van der Waals surface area contributed by atoms with Gasteiger partial charge in [0.2, 0.25) is 0 Å². The molecule has 7 nitrogen and oxygen atoms in total. The van der Waals surface area contributed by atoms with Crippen LogP contribution in [0, 0.1) is 17.1 Å². The molecule has 4 aromatic rings. The average Bonchev–Trinajstić information content (AvgIpc) is 2.92. The number of nitrogens with zero attached hydrogens (tertiary/aromatic N) is 3. The van der Waals surface area contributed by atoms with Crippen molar-refractivity contribution in [2.24, 2.45) is 0 Å². The SMILES string of the molecule is CNc1cc(-c2cccnc2)ccc1CNc1ncc(C#N)cc1C(=O)N[C@@H](C)c1ccc(F)cc1. The monoisotopic (exact) mass is 480 g/mol. The van der Waals surface area contributed by atoms with E-state index in [4.69, 9.17) is 0 Å². The second-order valence-electron chi connectivity index (χ2n) is 8.20. The minimum absolute atomic E-state index is 0.251. The van der Waals surface area contributed by atoms with Gasteiger partial charge < -0.3 is 16.0 Å². The Morgan fingerprint density at radius 1 is 1.08 bits per heavy atom. The highest BCUT2D eigenvalue weighted by molar-refractivity contribution is 5.99. The van der Waals surface area contributed by atoms with E-state index in [0.717, 1.165) is 27.9 Å². The molecule has 2 heterocycles. The summed E-state index contributed by atoms with van der Waals surface area (Å²) in [5.41, 5.74) is 5.23. The lowest BCUT2D eigenvalue weighted by atomic mass is 10.0. The summed E-state index contributed by atoms with van der Waals surface area (Å²) in [5.74, 6) is -0.375. The van der Waals surface area contributed by atoms with Gasteiger partial charge in [0.25, 0.3) is 5.91 Å². The molecule has 0 aliphatic rings. The molecule has 1 atom stereocenters. The van der Waals surface area contributed by atoms with Crippen molar-refractivity contribution in [2.75, 3.05) is 17.7 Å². The fourth-order valence-electron chi connectivity index (χ4n) is 3.80. The van der Waals surface area contributed by atoms with Crippen molar-refractivity contribution < 1.29 is 9.18 Å². The van der Waals surface area contributed by atoms with Crippen LogP contribution < -0.4 is 16.0 Å². The maximum atomic E-state index is 13.3. The van der Waals surface area contributed by atoms with Crippen LogP contribution in [0.2, 0.25) is 0 Å². The van der Waals surface area contributed by atoms with Gasteiger partial charge in [-0.25, -0.2) is 9.37 Å². The number of carbonyl (C=O) groups is 1. The third-order valence-corrected chi connectivity index (χ3v) is 5.80. The van der Waals surface area contributed by atoms with Crippen molar-refractivity contribution >= 4 is 17.4 Å². The number of hydrogen-bond acceptors (Lipinski definition) is 6. The molecule has 4 rings (SSSR count). The van der Waals surface area contributed by atoms with E-state index in [1.54, 1.807) is 18.3 Å². The molecule has 0 fully saturated rings. The summed E-state index contributed by atoms with van der Waals surface area (Å²) in [6.45, 7) is 2.21. The van der Waals surface area contributed by atoms with E-state index in [1.807, 2.05) is 56.6 Å². The van der Waals surface area contributed by atoms with Gasteiger partial charge in [0.15, 0.2) is 0 Å². The van der Waals surface area contributed by atoms with Gasteiger partial charge in [-0.15, -0.1) is 0 Å². The van der Waals surface area contributed by atoms with Crippen LogP contribution in [0.15, 0.2) is 79.3 Å². The molecule has 1 amide bonds. The predicted octanol–water partition coefficient (Wildman–Crippen LogP) is 5.30. The molecule has 2 aromatic heterocycles. The van der Waals surface area contributed by atoms with E-state index in [1.165, 1.54) is 24.4 Å². The van der Waals surface area contributed by atoms with Crippen molar-refractivity contribution in [2.45, 2.75) is 19.5 Å². The topological polar surface area (TPSA) is 103 Å². The van der Waals surface area contributed by atoms with E-state index in [-0.39, 0.29) is 28.9 Å². The van der Waals surface area contributed by atoms with E-state index >= 15 is 0 Å². The Labute approximate surface area is 209 Å². The quantitative estimate of drug-likeness (QED) is 0.316. The average molecular weight is 481 g/mol. The van der Waals surface area contributed by atoms with Crippen LogP contribution in [0.1, 0.15) is 40.0 Å². The van der Waals surface area contributed by atoms with Gasteiger partial charge in [0, 0.05) is 43.4 Å². The summed E-state index contributed by atoms with van der Waals surface area (Å²) in [6, 6.07) is 19.1. The second-order valence-corrected chi connectivity index (χ2v) is 8.20. The van der Waals surface area contributed by atoms with Gasteiger partial charge in [-0.2, -0.15) is 5.26 Å². The van der Waals surface area contributed by atoms with Gasteiger partial charge >= 0.3 is 0 Å². The van der Waals surface area contributed by atoms with Crippen LogP contribution in [-0.4, -0.2) is 22.9 Å². The number of halogens is 1. The maximum Gasteiger partial charge on any atom is 0.255 e. The fraction of sp³-hybridized carbons (Fsp3) is 0.143. The lowest BCUT2D eigenvalue weighted by Crippen LogP contribution is -2.28. The molecule has 8 heteroatoms. The fourth-order valence-corrected chi connectivity index (χ4v) is 3.80. The Hall–Kier alpha value is -4.77. The molecule has 0 aliphatic heterocycles. The van der Waals surface area contributed by atoms with E-state index in [2.05, 4.69) is 25.9 Å². The largest absolute Gasteiger partial charge is 0.388 e. The van der Waals surface area contributed by atoms with Crippen LogP contribution >= 0.6 is 0 Å². The van der Waals surface area contributed by atoms with Crippen molar-refractivity contribution in [3.63, 3.8) is 0 Å². The standard InChI is InChI=1S/C28H25FN6O/c1-18(20-7-9-24(29)10-8-20)35-28(36)25-12-19(14-30)15-33-27(25)34-17-23-6-5-21(13-26(23)31-2)22-4-3-11-32-16-22/h3-13,15-16,18,31H,17H2,1-2H3,(H,33,34)(H,35,36)/t18-/m0/s1. The minimum Gasteiger partial charge on any atom is -0.388 e. The molecule has 2 aromatic carbocycles. The van der Waals surface area contributed by atoms with E-state index in [0.29, 0.717) is 12.4 Å². The molecule has 0 saturated carbocycles. The molecule has 36 heavy (non-hydrogen) atoms. The molecule has 0 spiro atoms. The third-order valence-electron chi connectivity index (χ3n) is 5.80. The van der Waals surface area contributed by atoms with Crippen LogP contribution in [0.5, 0.6) is 0 Å². The van der Waals surface area contributed by atoms with Crippen LogP contribution in [-0.2, 0) is 6.54 Å². The van der Waals surface area contributed by atoms with Gasteiger partial charge in [-0.3, -0.25) is 9.78 Å². The molecular formula is C28H25FN6O. The molecule has 0 bridgehead atoms. The van der Waals surface area contributed by atoms with E-state index in [9.17, 15) is 14.4 Å². The Morgan fingerprint density at radius 3 is 2.58 bits per heavy atom. The van der Waals surface area contributed by atoms with Gasteiger partial charge in [0.1, 0.15) is 17.7 Å². The van der Waals surface area contributed by atoms with Crippen LogP contribution in [0.3, 0.4) is 0 Å². The Morgan fingerprint density at radius 2 is 1.89 bits per heavy atom. The smallest absolute Gasteiger partial charge is 0.255 e. The number of carbonyl (C=O) groups excluding carboxylic acids is 1. The number of amides is 1. The number of nitriles is 1. The van der Waals surface area contributed by atoms with Crippen molar-refractivity contribution in [1.82, 2.24) is 15.3 Å². The number of hydrogen-bond donors (Lipinski definition) is 3. The summed E-state index contributed by atoms with van der Waals surface area (Å²) in [6.07, 6.45) is 4.97. The highest BCUT2D eigenvalue weighted by Crippen LogP contribution is 2.26. The first-order chi connectivity index (χ1) is 17.5. The number of benzene rings is 2. The van der Waals surface area contributed by atoms with Gasteiger partial charge in [-0.05, 0) is 53.9 Å². The molecule has 180 valence electrons. The summed E-state index contributed by atoms with van der Waals surface area (Å²) in [4.78, 5) is 21.6. The molecule has 3 N–H and O–H groups in total. The minimum atomic E-state index is -0.389. The Kier molecular flexibility index (Phi) is 7.51. The zero-order chi connectivity index (χ0) is 25.5. The molecule has 0 radical (unpaired) electrons. The molecule has 0 aliphatic carbocycles. The molecular weight excluding hydrogens is 455 g/mol. The lowest BCUT2D eigenvalue weighted by Gasteiger charge is -2.17. The van der Waals surface area contributed by atoms with Crippen molar-refractivity contribution in [1.29, 1.82) is 5.26 Å². The normalized spacial score (nSPS) is 11.3. The number of pyridine rings is 2. The highest BCUT2D eigenvalue weighted by Gasteiger charge is 2.18. The summed E-state index contributed by atoms with van der Waals surface area (Å²) in [5, 5.41) is 18.7. The van der Waals surface area contributed by atoms with Crippen LogP contribution in [0.4, 0.5) is 15.9 Å². The first kappa shape index (κ1) is 24.4. The number of aromatic nitrogens is 2. The van der Waals surface area contributed by atoms with Crippen LogP contribution in [0.25, 0.3) is 11.1 Å². The van der Waals surface area contributed by atoms with Crippen molar-refractivity contribution in [3.05, 3.63) is 107 Å². The zero-order valence-corrected chi connectivity index (χ0v) is 19.9. The first-order valence-electron chi connectivity index (χ1n) is 11.4. The highest BCUT2D eigenvalue weighted by atomic mass is 19.1. The predicted molar refractivity (Wildman–Crippen MR) is 138 cm³/mol. The summed E-state index contributed by atoms with van der Waals surface area (Å²) >= 11 is 0. The summed E-state index contributed by atoms with van der Waals surface area (Å²) in [7, 11) is 1.85. The maximum absolute atomic E-state index is 13.3. The van der Waals surface area contributed by atoms with E-state index < -0.39 is 0 Å².